The maximum Gasteiger partial charge on any atom is 0.137 e. The maximum atomic E-state index is 4.81. The van der Waals surface area contributed by atoms with Gasteiger partial charge in [0, 0.05) is 45.8 Å². The van der Waals surface area contributed by atoms with Crippen LogP contribution in [0.15, 0.2) is 140 Å². The predicted octanol–water partition coefficient (Wildman–Crippen LogP) is 10.3. The van der Waals surface area contributed by atoms with Crippen molar-refractivity contribution in [3.63, 3.8) is 0 Å². The fraction of sp³-hybridized carbons (Fsp3) is 0.125. The standard InChI is InChI=1S/C40H35N5/c1-28(2)42-27-43(38-19-10-9-18-37(38)42)31-14-11-15-32(25-31)44(30-12-5-4-6-13-30)33-20-21-35-34-16-7-8-17-36(34)45(39(35)26-33)40-24-29(3)22-23-41-40/h4-26,28H,27H2,1-3H3. The average Bonchev–Trinajstić information content (AvgIpc) is 3.62. The molecule has 8 rings (SSSR count). The number of fused-ring (bicyclic) bond motifs is 4. The van der Waals surface area contributed by atoms with E-state index in [4.69, 9.17) is 4.98 Å². The Morgan fingerprint density at radius 3 is 2.16 bits per heavy atom. The minimum absolute atomic E-state index is 0.404. The van der Waals surface area contributed by atoms with E-state index < -0.39 is 0 Å². The van der Waals surface area contributed by atoms with E-state index in [1.165, 1.54) is 33.4 Å². The lowest BCUT2D eigenvalue weighted by molar-refractivity contribution is 0.709. The summed E-state index contributed by atoms with van der Waals surface area (Å²) in [6.07, 6.45) is 1.90. The largest absolute Gasteiger partial charge is 0.349 e. The third kappa shape index (κ3) is 4.59. The highest BCUT2D eigenvalue weighted by atomic mass is 15.4. The Bertz CT molecular complexity index is 2160. The number of hydrogen-bond acceptors (Lipinski definition) is 4. The number of aryl methyl sites for hydroxylation is 1. The highest BCUT2D eigenvalue weighted by Crippen LogP contribution is 2.44. The summed E-state index contributed by atoms with van der Waals surface area (Å²) in [5, 5.41) is 2.43. The Morgan fingerprint density at radius 2 is 1.33 bits per heavy atom. The molecule has 7 aromatic rings. The smallest absolute Gasteiger partial charge is 0.137 e. The summed E-state index contributed by atoms with van der Waals surface area (Å²) >= 11 is 0. The van der Waals surface area contributed by atoms with Crippen LogP contribution in [0.4, 0.5) is 34.1 Å². The van der Waals surface area contributed by atoms with Crippen LogP contribution in [0, 0.1) is 6.92 Å². The van der Waals surface area contributed by atoms with Crippen molar-refractivity contribution < 1.29 is 0 Å². The monoisotopic (exact) mass is 585 g/mol. The van der Waals surface area contributed by atoms with Gasteiger partial charge in [-0.1, -0.05) is 60.7 Å². The molecule has 5 heteroatoms. The van der Waals surface area contributed by atoms with Gasteiger partial charge in [0.1, 0.15) is 5.82 Å². The van der Waals surface area contributed by atoms with Crippen molar-refractivity contribution >= 4 is 55.9 Å². The van der Waals surface area contributed by atoms with Crippen molar-refractivity contribution in [3.8, 4) is 5.82 Å². The molecule has 0 saturated heterocycles. The molecule has 0 saturated carbocycles. The summed E-state index contributed by atoms with van der Waals surface area (Å²) < 4.78 is 2.29. The summed E-state index contributed by atoms with van der Waals surface area (Å²) in [7, 11) is 0. The first-order valence-corrected chi connectivity index (χ1v) is 15.6. The molecule has 220 valence electrons. The van der Waals surface area contributed by atoms with E-state index in [9.17, 15) is 0 Å². The van der Waals surface area contributed by atoms with E-state index in [1.807, 2.05) is 12.3 Å². The lowest BCUT2D eigenvalue weighted by Crippen LogP contribution is -2.33. The quantitative estimate of drug-likeness (QED) is 0.194. The van der Waals surface area contributed by atoms with Gasteiger partial charge in [-0.25, -0.2) is 4.98 Å². The Hall–Kier alpha value is -5.55. The number of aromatic nitrogens is 2. The van der Waals surface area contributed by atoms with Crippen LogP contribution >= 0.6 is 0 Å². The van der Waals surface area contributed by atoms with Gasteiger partial charge in [-0.05, 0) is 99.1 Å². The van der Waals surface area contributed by atoms with Crippen LogP contribution in [0.5, 0.6) is 0 Å². The van der Waals surface area contributed by atoms with E-state index in [0.29, 0.717) is 6.04 Å². The number of benzene rings is 5. The molecular weight excluding hydrogens is 550 g/mol. The Kier molecular flexibility index (Phi) is 6.53. The van der Waals surface area contributed by atoms with Gasteiger partial charge in [-0.15, -0.1) is 0 Å². The molecule has 5 aromatic carbocycles. The predicted molar refractivity (Wildman–Crippen MR) is 189 cm³/mol. The molecule has 5 nitrogen and oxygen atoms in total. The average molecular weight is 586 g/mol. The third-order valence-corrected chi connectivity index (χ3v) is 8.86. The SMILES string of the molecule is Cc1ccnc(-n2c3ccccc3c3ccc(N(c4ccccc4)c4cccc(N5CN(C(C)C)c6ccccc65)c4)cc32)c1. The van der Waals surface area contributed by atoms with Crippen LogP contribution in [0.2, 0.25) is 0 Å². The van der Waals surface area contributed by atoms with Gasteiger partial charge < -0.3 is 14.7 Å². The molecule has 0 spiro atoms. The van der Waals surface area contributed by atoms with Crippen LogP contribution in [0.1, 0.15) is 19.4 Å². The minimum Gasteiger partial charge on any atom is -0.349 e. The van der Waals surface area contributed by atoms with Crippen molar-refractivity contribution in [2.45, 2.75) is 26.8 Å². The van der Waals surface area contributed by atoms with Gasteiger partial charge in [0.15, 0.2) is 0 Å². The van der Waals surface area contributed by atoms with E-state index in [0.717, 1.165) is 40.6 Å². The van der Waals surface area contributed by atoms with Gasteiger partial charge in [-0.3, -0.25) is 4.57 Å². The summed E-state index contributed by atoms with van der Waals surface area (Å²) in [4.78, 5) is 12.0. The number of anilines is 6. The second-order valence-electron chi connectivity index (χ2n) is 12.1. The number of rotatable bonds is 6. The van der Waals surface area contributed by atoms with Gasteiger partial charge in [0.25, 0.3) is 0 Å². The van der Waals surface area contributed by atoms with Crippen LogP contribution in [-0.4, -0.2) is 22.3 Å². The second kappa shape index (κ2) is 10.9. The zero-order chi connectivity index (χ0) is 30.5. The number of para-hydroxylation sites is 4. The molecule has 0 atom stereocenters. The Morgan fingerprint density at radius 1 is 0.622 bits per heavy atom. The fourth-order valence-corrected chi connectivity index (χ4v) is 6.71. The van der Waals surface area contributed by atoms with Crippen molar-refractivity contribution in [2.75, 3.05) is 21.4 Å². The van der Waals surface area contributed by atoms with Crippen molar-refractivity contribution in [3.05, 3.63) is 145 Å². The van der Waals surface area contributed by atoms with Crippen LogP contribution in [0.25, 0.3) is 27.6 Å². The van der Waals surface area contributed by atoms with E-state index in [-0.39, 0.29) is 0 Å². The lowest BCUT2D eigenvalue weighted by atomic mass is 10.1. The van der Waals surface area contributed by atoms with Crippen LogP contribution in [-0.2, 0) is 0 Å². The zero-order valence-corrected chi connectivity index (χ0v) is 25.8. The van der Waals surface area contributed by atoms with Gasteiger partial charge in [0.05, 0.1) is 29.1 Å². The first-order chi connectivity index (χ1) is 22.1. The molecule has 1 aliphatic heterocycles. The first-order valence-electron chi connectivity index (χ1n) is 15.6. The number of hydrogen-bond donors (Lipinski definition) is 0. The number of nitrogens with zero attached hydrogens (tertiary/aromatic N) is 5. The fourth-order valence-electron chi connectivity index (χ4n) is 6.71. The molecule has 0 bridgehead atoms. The highest BCUT2D eigenvalue weighted by Gasteiger charge is 2.28. The van der Waals surface area contributed by atoms with E-state index in [1.54, 1.807) is 0 Å². The molecule has 45 heavy (non-hydrogen) atoms. The molecule has 0 aliphatic carbocycles. The zero-order valence-electron chi connectivity index (χ0n) is 25.8. The summed E-state index contributed by atoms with van der Waals surface area (Å²) in [5.74, 6) is 0.925. The van der Waals surface area contributed by atoms with Crippen molar-refractivity contribution in [2.24, 2.45) is 0 Å². The molecule has 0 amide bonds. The molecule has 0 fully saturated rings. The normalized spacial score (nSPS) is 12.8. The van der Waals surface area contributed by atoms with Gasteiger partial charge in [-0.2, -0.15) is 0 Å². The lowest BCUT2D eigenvalue weighted by Gasteiger charge is -2.28. The molecule has 0 N–H and O–H groups in total. The summed E-state index contributed by atoms with van der Waals surface area (Å²) in [6.45, 7) is 7.46. The topological polar surface area (TPSA) is 27.5 Å². The highest BCUT2D eigenvalue weighted by molar-refractivity contribution is 6.10. The maximum absolute atomic E-state index is 4.81. The Labute approximate surface area is 264 Å². The minimum atomic E-state index is 0.404. The molecule has 1 aliphatic rings. The Balaban J connectivity index is 1.30. The second-order valence-corrected chi connectivity index (χ2v) is 12.1. The first kappa shape index (κ1) is 27.0. The van der Waals surface area contributed by atoms with Crippen LogP contribution in [0.3, 0.4) is 0 Å². The third-order valence-electron chi connectivity index (χ3n) is 8.86. The molecule has 3 heterocycles. The van der Waals surface area contributed by atoms with Crippen molar-refractivity contribution in [1.29, 1.82) is 0 Å². The van der Waals surface area contributed by atoms with Gasteiger partial charge in [0.2, 0.25) is 0 Å². The summed E-state index contributed by atoms with van der Waals surface area (Å²) in [5.41, 5.74) is 10.5. The molecule has 0 radical (unpaired) electrons. The van der Waals surface area contributed by atoms with E-state index in [2.05, 4.69) is 167 Å². The van der Waals surface area contributed by atoms with Gasteiger partial charge >= 0.3 is 0 Å². The number of pyridine rings is 1. The molecular formula is C40H35N5. The molecule has 2 aromatic heterocycles. The van der Waals surface area contributed by atoms with Crippen molar-refractivity contribution in [1.82, 2.24) is 9.55 Å². The summed E-state index contributed by atoms with van der Waals surface area (Å²) in [6, 6.07) is 48.3. The molecule has 0 unspecified atom stereocenters. The van der Waals surface area contributed by atoms with E-state index >= 15 is 0 Å². The van der Waals surface area contributed by atoms with Crippen LogP contribution < -0.4 is 14.7 Å².